The fourth-order valence-electron chi connectivity index (χ4n) is 3.07. The van der Waals surface area contributed by atoms with Crippen LogP contribution >= 0.6 is 11.3 Å². The molecule has 1 saturated heterocycles. The first kappa shape index (κ1) is 21.1. The van der Waals surface area contributed by atoms with Crippen LogP contribution in [0.3, 0.4) is 0 Å². The molecular weight excluding hydrogens is 390 g/mol. The van der Waals surface area contributed by atoms with E-state index in [0.717, 1.165) is 0 Å². The van der Waals surface area contributed by atoms with Crippen molar-refractivity contribution in [3.05, 3.63) is 46.7 Å². The van der Waals surface area contributed by atoms with Crippen molar-refractivity contribution < 1.29 is 19.1 Å². The number of amides is 2. The zero-order chi connectivity index (χ0) is 21.1. The summed E-state index contributed by atoms with van der Waals surface area (Å²) >= 11 is 1.39. The van der Waals surface area contributed by atoms with Crippen LogP contribution in [0.4, 0.5) is 4.79 Å². The van der Waals surface area contributed by atoms with Gasteiger partial charge in [0.1, 0.15) is 11.4 Å². The van der Waals surface area contributed by atoms with Gasteiger partial charge in [-0.25, -0.2) is 4.79 Å². The monoisotopic (exact) mass is 417 g/mol. The van der Waals surface area contributed by atoms with E-state index in [1.807, 2.05) is 69.7 Å². The average molecular weight is 418 g/mol. The minimum atomic E-state index is -1.11. The second-order valence-corrected chi connectivity index (χ2v) is 8.96. The van der Waals surface area contributed by atoms with Crippen molar-refractivity contribution in [3.8, 4) is 5.75 Å². The lowest BCUT2D eigenvalue weighted by Crippen LogP contribution is -2.54. The molecule has 1 aliphatic heterocycles. The SMILES string of the molecule is Cn1ccsc1=NC(=O)C1(Oc2ccccc2)CCN(C(=O)OC(C)(C)C)CC1. The van der Waals surface area contributed by atoms with Crippen LogP contribution in [0, 0.1) is 0 Å². The Kier molecular flexibility index (Phi) is 6.12. The van der Waals surface area contributed by atoms with Gasteiger partial charge >= 0.3 is 6.09 Å². The Hall–Kier alpha value is -2.61. The van der Waals surface area contributed by atoms with Gasteiger partial charge in [-0.05, 0) is 32.9 Å². The van der Waals surface area contributed by atoms with Crippen molar-refractivity contribution in [3.63, 3.8) is 0 Å². The van der Waals surface area contributed by atoms with Crippen LogP contribution in [0.15, 0.2) is 46.9 Å². The molecule has 29 heavy (non-hydrogen) atoms. The van der Waals surface area contributed by atoms with Gasteiger partial charge in [0.05, 0.1) is 0 Å². The summed E-state index contributed by atoms with van der Waals surface area (Å²) < 4.78 is 13.5. The first-order valence-corrected chi connectivity index (χ1v) is 10.5. The summed E-state index contributed by atoms with van der Waals surface area (Å²) in [5, 5.41) is 1.88. The van der Waals surface area contributed by atoms with Crippen LogP contribution in [0.25, 0.3) is 0 Å². The minimum absolute atomic E-state index is 0.330. The Morgan fingerprint density at radius 1 is 1.14 bits per heavy atom. The molecule has 0 radical (unpaired) electrons. The second kappa shape index (κ2) is 8.41. The maximum absolute atomic E-state index is 13.2. The molecule has 3 rings (SSSR count). The van der Waals surface area contributed by atoms with E-state index in [1.54, 1.807) is 9.47 Å². The number of rotatable bonds is 3. The maximum Gasteiger partial charge on any atom is 0.410 e. The van der Waals surface area contributed by atoms with Gasteiger partial charge in [0, 0.05) is 44.6 Å². The number of aryl methyl sites for hydroxylation is 1. The molecule has 1 aliphatic rings. The third-order valence-electron chi connectivity index (χ3n) is 4.63. The quantitative estimate of drug-likeness (QED) is 0.768. The molecule has 0 bridgehead atoms. The number of carbonyl (C=O) groups excluding carboxylic acids is 2. The summed E-state index contributed by atoms with van der Waals surface area (Å²) in [6, 6.07) is 9.25. The lowest BCUT2D eigenvalue weighted by atomic mass is 9.90. The van der Waals surface area contributed by atoms with Gasteiger partial charge in [-0.2, -0.15) is 4.99 Å². The fourth-order valence-corrected chi connectivity index (χ4v) is 3.80. The molecule has 1 fully saturated rings. The number of hydrogen-bond acceptors (Lipinski definition) is 5. The summed E-state index contributed by atoms with van der Waals surface area (Å²) in [7, 11) is 1.85. The van der Waals surface area contributed by atoms with Crippen LogP contribution < -0.4 is 9.54 Å². The van der Waals surface area contributed by atoms with E-state index < -0.39 is 11.2 Å². The Labute approximate surface area is 174 Å². The normalized spacial score (nSPS) is 17.1. The smallest absolute Gasteiger partial charge is 0.410 e. The number of thiazole rings is 1. The predicted molar refractivity (Wildman–Crippen MR) is 111 cm³/mol. The highest BCUT2D eigenvalue weighted by Crippen LogP contribution is 2.31. The van der Waals surface area contributed by atoms with Gasteiger partial charge in [0.25, 0.3) is 5.91 Å². The highest BCUT2D eigenvalue weighted by molar-refractivity contribution is 7.07. The molecule has 2 aromatic rings. The van der Waals surface area contributed by atoms with Gasteiger partial charge < -0.3 is 18.9 Å². The lowest BCUT2D eigenvalue weighted by molar-refractivity contribution is -0.137. The molecule has 2 amide bonds. The third-order valence-corrected chi connectivity index (χ3v) is 5.47. The Morgan fingerprint density at radius 2 is 1.79 bits per heavy atom. The maximum atomic E-state index is 13.2. The molecule has 0 unspecified atom stereocenters. The van der Waals surface area contributed by atoms with E-state index in [2.05, 4.69) is 4.99 Å². The lowest BCUT2D eigenvalue weighted by Gasteiger charge is -2.39. The van der Waals surface area contributed by atoms with E-state index in [9.17, 15) is 9.59 Å². The Morgan fingerprint density at radius 3 is 2.34 bits per heavy atom. The minimum Gasteiger partial charge on any atom is -0.477 e. The summed E-state index contributed by atoms with van der Waals surface area (Å²) in [6.45, 7) is 6.22. The van der Waals surface area contributed by atoms with E-state index in [1.165, 1.54) is 11.3 Å². The molecule has 7 nitrogen and oxygen atoms in total. The second-order valence-electron chi connectivity index (χ2n) is 8.09. The molecule has 1 aromatic heterocycles. The van der Waals surface area contributed by atoms with Gasteiger partial charge in [-0.3, -0.25) is 4.79 Å². The number of para-hydroxylation sites is 1. The molecule has 8 heteroatoms. The molecular formula is C21H27N3O4S. The summed E-state index contributed by atoms with van der Waals surface area (Å²) in [5.74, 6) is 0.278. The number of likely N-dealkylation sites (tertiary alicyclic amines) is 1. The third kappa shape index (κ3) is 5.26. The van der Waals surface area contributed by atoms with E-state index in [4.69, 9.17) is 9.47 Å². The summed E-state index contributed by atoms with van der Waals surface area (Å²) in [4.78, 5) is 32.2. The van der Waals surface area contributed by atoms with E-state index in [0.29, 0.717) is 36.5 Å². The summed E-state index contributed by atoms with van der Waals surface area (Å²) in [5.41, 5.74) is -1.68. The molecule has 2 heterocycles. The number of hydrogen-bond donors (Lipinski definition) is 0. The topological polar surface area (TPSA) is 73.1 Å². The van der Waals surface area contributed by atoms with Crippen molar-refractivity contribution in [2.24, 2.45) is 12.0 Å². The van der Waals surface area contributed by atoms with Crippen molar-refractivity contribution in [2.45, 2.75) is 44.8 Å². The largest absolute Gasteiger partial charge is 0.477 e. The van der Waals surface area contributed by atoms with Crippen LogP contribution in [0.2, 0.25) is 0 Å². The van der Waals surface area contributed by atoms with Gasteiger partial charge in [0.15, 0.2) is 10.4 Å². The van der Waals surface area contributed by atoms with E-state index in [-0.39, 0.29) is 12.0 Å². The van der Waals surface area contributed by atoms with Crippen LogP contribution in [-0.2, 0) is 16.6 Å². The summed E-state index contributed by atoms with van der Waals surface area (Å²) in [6.07, 6.45) is 2.17. The van der Waals surface area contributed by atoms with Crippen LogP contribution in [0.5, 0.6) is 5.75 Å². The predicted octanol–water partition coefficient (Wildman–Crippen LogP) is 3.36. The van der Waals surface area contributed by atoms with E-state index >= 15 is 0 Å². The zero-order valence-corrected chi connectivity index (χ0v) is 18.1. The van der Waals surface area contributed by atoms with Crippen LogP contribution in [0.1, 0.15) is 33.6 Å². The first-order chi connectivity index (χ1) is 13.7. The standard InChI is InChI=1S/C21H27N3O4S/c1-20(2,3)28-19(26)24-12-10-21(11-13-24,27-16-8-6-5-7-9-16)17(25)22-18-23(4)14-15-29-18/h5-9,14-15H,10-13H2,1-4H3. The number of ether oxygens (including phenoxy) is 2. The van der Waals surface area contributed by atoms with Gasteiger partial charge in [0.2, 0.25) is 0 Å². The Balaban J connectivity index is 1.83. The van der Waals surface area contributed by atoms with Gasteiger partial charge in [-0.1, -0.05) is 18.2 Å². The fraction of sp³-hybridized carbons (Fsp3) is 0.476. The zero-order valence-electron chi connectivity index (χ0n) is 17.3. The highest BCUT2D eigenvalue weighted by atomic mass is 32.1. The van der Waals surface area contributed by atoms with Crippen molar-refractivity contribution in [1.29, 1.82) is 0 Å². The number of piperidine rings is 1. The molecule has 0 atom stereocenters. The van der Waals surface area contributed by atoms with Crippen LogP contribution in [-0.4, -0.2) is 45.8 Å². The van der Waals surface area contributed by atoms with Gasteiger partial charge in [-0.15, -0.1) is 11.3 Å². The molecule has 0 spiro atoms. The Bertz CT molecular complexity index is 919. The van der Waals surface area contributed by atoms with Crippen molar-refractivity contribution in [2.75, 3.05) is 13.1 Å². The number of nitrogens with zero attached hydrogens (tertiary/aromatic N) is 3. The van der Waals surface area contributed by atoms with Crippen molar-refractivity contribution in [1.82, 2.24) is 9.47 Å². The molecule has 0 N–H and O–H groups in total. The molecule has 1 aromatic carbocycles. The average Bonchev–Trinajstić information content (AvgIpc) is 3.06. The highest BCUT2D eigenvalue weighted by Gasteiger charge is 2.45. The number of carbonyl (C=O) groups is 2. The first-order valence-electron chi connectivity index (χ1n) is 9.60. The number of benzene rings is 1. The molecule has 0 aliphatic carbocycles. The molecule has 0 saturated carbocycles. The molecule has 156 valence electrons. The number of aromatic nitrogens is 1. The van der Waals surface area contributed by atoms with Crippen molar-refractivity contribution >= 4 is 23.3 Å².